The quantitative estimate of drug-likeness (QED) is 0.837. The first kappa shape index (κ1) is 14.8. The molecule has 2 atom stereocenters. The van der Waals surface area contributed by atoms with Crippen LogP contribution in [0.1, 0.15) is 31.7 Å². The maximum atomic E-state index is 12.5. The minimum atomic E-state index is -0.478. The Morgan fingerprint density at radius 3 is 2.70 bits per heavy atom. The van der Waals surface area contributed by atoms with Crippen LogP contribution in [0.5, 0.6) is 0 Å². The van der Waals surface area contributed by atoms with Crippen LogP contribution in [-0.4, -0.2) is 19.6 Å². The first-order valence-corrected chi connectivity index (χ1v) is 7.17. The molecule has 0 bridgehead atoms. The van der Waals surface area contributed by atoms with Crippen LogP contribution in [0.4, 0.5) is 0 Å². The maximum Gasteiger partial charge on any atom is 0.224 e. The van der Waals surface area contributed by atoms with Gasteiger partial charge in [-0.3, -0.25) is 4.79 Å². The minimum Gasteiger partial charge on any atom is -0.382 e. The van der Waals surface area contributed by atoms with Crippen LogP contribution in [0.2, 0.25) is 0 Å². The molecular weight excluding hydrogens is 250 g/mol. The lowest BCUT2D eigenvalue weighted by Gasteiger charge is -2.32. The monoisotopic (exact) mass is 273 g/mol. The van der Waals surface area contributed by atoms with E-state index in [0.29, 0.717) is 6.61 Å². The fraction of sp³-hybridized carbons (Fsp3) is 0.471. The fourth-order valence-electron chi connectivity index (χ4n) is 2.69. The number of hydrogen-bond donors (Lipinski definition) is 1. The standard InChI is InChI=1S/C17H23NO2/c1-17(13-20-2,15-11-7-4-8-12-15)18-16(19)14-9-5-3-6-10-14/h3-5,7-8,11-12,14H,6,9-10,13H2,1-2H3,(H,18,19)/t14-,17-/m0/s1. The van der Waals surface area contributed by atoms with E-state index in [1.54, 1.807) is 7.11 Å². The van der Waals surface area contributed by atoms with Crippen molar-refractivity contribution >= 4 is 5.91 Å². The van der Waals surface area contributed by atoms with Crippen molar-refractivity contribution in [1.82, 2.24) is 5.32 Å². The Hall–Kier alpha value is -1.61. The Balaban J connectivity index is 2.12. The Labute approximate surface area is 121 Å². The minimum absolute atomic E-state index is 0.0832. The lowest BCUT2D eigenvalue weighted by Crippen LogP contribution is -2.49. The van der Waals surface area contributed by atoms with Crippen LogP contribution in [0.15, 0.2) is 42.5 Å². The molecular formula is C17H23NO2. The predicted molar refractivity (Wildman–Crippen MR) is 80.3 cm³/mol. The summed E-state index contributed by atoms with van der Waals surface area (Å²) in [5.74, 6) is 0.206. The predicted octanol–water partition coefficient (Wildman–Crippen LogP) is 3.02. The van der Waals surface area contributed by atoms with Crippen LogP contribution in [-0.2, 0) is 15.1 Å². The van der Waals surface area contributed by atoms with E-state index in [-0.39, 0.29) is 11.8 Å². The van der Waals surface area contributed by atoms with Crippen LogP contribution in [0, 0.1) is 5.92 Å². The topological polar surface area (TPSA) is 38.3 Å². The van der Waals surface area contributed by atoms with Gasteiger partial charge in [0, 0.05) is 13.0 Å². The second-order valence-electron chi connectivity index (χ2n) is 5.60. The van der Waals surface area contributed by atoms with E-state index < -0.39 is 5.54 Å². The van der Waals surface area contributed by atoms with Gasteiger partial charge in [0.05, 0.1) is 12.1 Å². The Kier molecular flexibility index (Phi) is 4.96. The highest BCUT2D eigenvalue weighted by molar-refractivity contribution is 5.80. The van der Waals surface area contributed by atoms with Crippen molar-refractivity contribution in [3.05, 3.63) is 48.0 Å². The highest BCUT2D eigenvalue weighted by atomic mass is 16.5. The number of benzene rings is 1. The molecule has 0 radical (unpaired) electrons. The first-order valence-electron chi connectivity index (χ1n) is 7.17. The number of carbonyl (C=O) groups is 1. The second-order valence-corrected chi connectivity index (χ2v) is 5.60. The van der Waals surface area contributed by atoms with Crippen LogP contribution >= 0.6 is 0 Å². The Morgan fingerprint density at radius 2 is 2.10 bits per heavy atom. The lowest BCUT2D eigenvalue weighted by atomic mass is 9.89. The van der Waals surface area contributed by atoms with Gasteiger partial charge >= 0.3 is 0 Å². The molecule has 0 heterocycles. The van der Waals surface area contributed by atoms with Crippen molar-refractivity contribution in [3.63, 3.8) is 0 Å². The summed E-state index contributed by atoms with van der Waals surface area (Å²) in [6.45, 7) is 2.48. The molecule has 1 aliphatic rings. The molecule has 0 unspecified atom stereocenters. The van der Waals surface area contributed by atoms with E-state index in [9.17, 15) is 4.79 Å². The summed E-state index contributed by atoms with van der Waals surface area (Å²) in [4.78, 5) is 12.5. The normalized spacial score (nSPS) is 21.2. The molecule has 0 fully saturated rings. The fourth-order valence-corrected chi connectivity index (χ4v) is 2.69. The summed E-state index contributed by atoms with van der Waals surface area (Å²) in [5, 5.41) is 3.18. The summed E-state index contributed by atoms with van der Waals surface area (Å²) in [5.41, 5.74) is 0.593. The van der Waals surface area contributed by atoms with Crippen molar-refractivity contribution in [2.75, 3.05) is 13.7 Å². The average Bonchev–Trinajstić information content (AvgIpc) is 2.49. The number of allylic oxidation sites excluding steroid dienone is 2. The zero-order valence-corrected chi connectivity index (χ0v) is 12.3. The molecule has 2 rings (SSSR count). The van der Waals surface area contributed by atoms with E-state index in [1.165, 1.54) is 0 Å². The average molecular weight is 273 g/mol. The van der Waals surface area contributed by atoms with E-state index in [1.807, 2.05) is 37.3 Å². The SMILES string of the molecule is COC[C@](C)(NC(=O)[C@H]1CC=CCC1)c1ccccc1. The number of methoxy groups -OCH3 is 1. The third-order valence-electron chi connectivity index (χ3n) is 3.88. The van der Waals surface area contributed by atoms with Gasteiger partial charge in [-0.05, 0) is 31.7 Å². The van der Waals surface area contributed by atoms with E-state index in [4.69, 9.17) is 4.74 Å². The Morgan fingerprint density at radius 1 is 1.35 bits per heavy atom. The molecule has 0 aromatic heterocycles. The van der Waals surface area contributed by atoms with Crippen LogP contribution < -0.4 is 5.32 Å². The number of amides is 1. The number of nitrogens with one attached hydrogen (secondary N) is 1. The molecule has 0 aliphatic heterocycles. The molecule has 0 spiro atoms. The molecule has 1 aliphatic carbocycles. The molecule has 3 heteroatoms. The van der Waals surface area contributed by atoms with Gasteiger partial charge in [0.15, 0.2) is 0 Å². The molecule has 1 aromatic carbocycles. The zero-order chi connectivity index (χ0) is 14.4. The van der Waals surface area contributed by atoms with Gasteiger partial charge in [-0.2, -0.15) is 0 Å². The van der Waals surface area contributed by atoms with Crippen molar-refractivity contribution in [2.24, 2.45) is 5.92 Å². The second kappa shape index (κ2) is 6.71. The number of ether oxygens (including phenoxy) is 1. The third kappa shape index (κ3) is 3.48. The molecule has 1 amide bonds. The molecule has 1 N–H and O–H groups in total. The largest absolute Gasteiger partial charge is 0.382 e. The third-order valence-corrected chi connectivity index (χ3v) is 3.88. The summed E-state index contributed by atoms with van der Waals surface area (Å²) < 4.78 is 5.32. The van der Waals surface area contributed by atoms with Crippen molar-refractivity contribution in [2.45, 2.75) is 31.7 Å². The van der Waals surface area contributed by atoms with Crippen LogP contribution in [0.25, 0.3) is 0 Å². The summed E-state index contributed by atoms with van der Waals surface area (Å²) in [7, 11) is 1.66. The lowest BCUT2D eigenvalue weighted by molar-refractivity contribution is -0.127. The van der Waals surface area contributed by atoms with E-state index in [0.717, 1.165) is 24.8 Å². The van der Waals surface area contributed by atoms with Crippen LogP contribution in [0.3, 0.4) is 0 Å². The van der Waals surface area contributed by atoms with Crippen molar-refractivity contribution < 1.29 is 9.53 Å². The van der Waals surface area contributed by atoms with Gasteiger partial charge < -0.3 is 10.1 Å². The maximum absolute atomic E-state index is 12.5. The zero-order valence-electron chi connectivity index (χ0n) is 12.3. The van der Waals surface area contributed by atoms with Gasteiger partial charge in [0.1, 0.15) is 0 Å². The molecule has 20 heavy (non-hydrogen) atoms. The molecule has 0 saturated heterocycles. The molecule has 1 aromatic rings. The molecule has 108 valence electrons. The smallest absolute Gasteiger partial charge is 0.224 e. The summed E-state index contributed by atoms with van der Waals surface area (Å²) in [6.07, 6.45) is 7.01. The van der Waals surface area contributed by atoms with Gasteiger partial charge in [0.25, 0.3) is 0 Å². The van der Waals surface area contributed by atoms with Crippen molar-refractivity contribution in [1.29, 1.82) is 0 Å². The highest BCUT2D eigenvalue weighted by Gasteiger charge is 2.31. The summed E-state index contributed by atoms with van der Waals surface area (Å²) in [6, 6.07) is 10.0. The van der Waals surface area contributed by atoms with Crippen molar-refractivity contribution in [3.8, 4) is 0 Å². The number of hydrogen-bond acceptors (Lipinski definition) is 2. The van der Waals surface area contributed by atoms with Gasteiger partial charge in [0.2, 0.25) is 5.91 Å². The Bertz CT molecular complexity index is 469. The molecule has 3 nitrogen and oxygen atoms in total. The van der Waals surface area contributed by atoms with E-state index in [2.05, 4.69) is 17.5 Å². The first-order chi connectivity index (χ1) is 9.65. The number of carbonyl (C=O) groups excluding carboxylic acids is 1. The van der Waals surface area contributed by atoms with Gasteiger partial charge in [-0.25, -0.2) is 0 Å². The highest BCUT2D eigenvalue weighted by Crippen LogP contribution is 2.24. The number of rotatable bonds is 5. The molecule has 0 saturated carbocycles. The van der Waals surface area contributed by atoms with E-state index >= 15 is 0 Å². The van der Waals surface area contributed by atoms with Gasteiger partial charge in [-0.1, -0.05) is 42.5 Å². The summed E-state index contributed by atoms with van der Waals surface area (Å²) >= 11 is 0. The van der Waals surface area contributed by atoms with Gasteiger partial charge in [-0.15, -0.1) is 0 Å².